The molecule has 3 rings (SSSR count). The Morgan fingerprint density at radius 3 is 2.75 bits per heavy atom. The summed E-state index contributed by atoms with van der Waals surface area (Å²) in [6, 6.07) is 10.9. The van der Waals surface area contributed by atoms with Gasteiger partial charge in [0, 0.05) is 15.7 Å². The van der Waals surface area contributed by atoms with Crippen molar-refractivity contribution in [2.24, 2.45) is 0 Å². The standard InChI is InChI=1S/C14H11BrN4O/c1-8-6-10(15)3-5-11(8)16-14(20)9-2-4-12-13(7-9)18-19-17-12/h2-7H,1H3,(H,16,20)(H,17,18,19). The SMILES string of the molecule is Cc1cc(Br)ccc1NC(=O)c1ccc2n[nH]nc2c1. The van der Waals surface area contributed by atoms with E-state index in [4.69, 9.17) is 0 Å². The molecule has 20 heavy (non-hydrogen) atoms. The maximum atomic E-state index is 12.2. The lowest BCUT2D eigenvalue weighted by atomic mass is 10.1. The molecule has 0 radical (unpaired) electrons. The van der Waals surface area contributed by atoms with Crippen molar-refractivity contribution in [1.82, 2.24) is 15.4 Å². The number of carbonyl (C=O) groups excluding carboxylic acids is 1. The number of aryl methyl sites for hydroxylation is 1. The van der Waals surface area contributed by atoms with Crippen LogP contribution in [-0.2, 0) is 0 Å². The number of fused-ring (bicyclic) bond motifs is 1. The van der Waals surface area contributed by atoms with Crippen molar-refractivity contribution in [2.45, 2.75) is 6.92 Å². The third kappa shape index (κ3) is 2.42. The van der Waals surface area contributed by atoms with Crippen LogP contribution in [0.5, 0.6) is 0 Å². The number of H-pyrrole nitrogens is 1. The third-order valence-electron chi connectivity index (χ3n) is 3.02. The van der Waals surface area contributed by atoms with Crippen LogP contribution in [0.15, 0.2) is 40.9 Å². The van der Waals surface area contributed by atoms with E-state index < -0.39 is 0 Å². The normalized spacial score (nSPS) is 10.7. The largest absolute Gasteiger partial charge is 0.322 e. The number of amides is 1. The average Bonchev–Trinajstić information content (AvgIpc) is 2.89. The lowest BCUT2D eigenvalue weighted by molar-refractivity contribution is 0.102. The molecule has 5 nitrogen and oxygen atoms in total. The summed E-state index contributed by atoms with van der Waals surface area (Å²) < 4.78 is 0.983. The van der Waals surface area contributed by atoms with Crippen molar-refractivity contribution in [3.05, 3.63) is 52.0 Å². The smallest absolute Gasteiger partial charge is 0.255 e. The van der Waals surface area contributed by atoms with E-state index in [1.165, 1.54) is 0 Å². The fourth-order valence-corrected chi connectivity index (χ4v) is 2.42. The maximum Gasteiger partial charge on any atom is 0.255 e. The summed E-state index contributed by atoms with van der Waals surface area (Å²) >= 11 is 3.40. The van der Waals surface area contributed by atoms with Crippen LogP contribution in [0.1, 0.15) is 15.9 Å². The van der Waals surface area contributed by atoms with Crippen molar-refractivity contribution >= 4 is 38.6 Å². The number of nitrogens with one attached hydrogen (secondary N) is 2. The minimum absolute atomic E-state index is 0.166. The van der Waals surface area contributed by atoms with Crippen LogP contribution in [0.4, 0.5) is 5.69 Å². The molecule has 1 heterocycles. The van der Waals surface area contributed by atoms with Crippen LogP contribution in [0.2, 0.25) is 0 Å². The zero-order chi connectivity index (χ0) is 14.1. The molecule has 0 spiro atoms. The van der Waals surface area contributed by atoms with Gasteiger partial charge >= 0.3 is 0 Å². The van der Waals surface area contributed by atoms with Gasteiger partial charge in [-0.3, -0.25) is 4.79 Å². The molecule has 3 aromatic rings. The molecule has 0 aliphatic rings. The van der Waals surface area contributed by atoms with Crippen molar-refractivity contribution in [3.63, 3.8) is 0 Å². The van der Waals surface area contributed by atoms with Crippen molar-refractivity contribution in [1.29, 1.82) is 0 Å². The van der Waals surface area contributed by atoms with Crippen molar-refractivity contribution in [2.75, 3.05) is 5.32 Å². The van der Waals surface area contributed by atoms with Crippen LogP contribution in [0, 0.1) is 6.92 Å². The van der Waals surface area contributed by atoms with Gasteiger partial charge in [-0.1, -0.05) is 15.9 Å². The first-order chi connectivity index (χ1) is 9.63. The molecule has 0 aliphatic carbocycles. The van der Waals surface area contributed by atoms with Crippen molar-refractivity contribution in [3.8, 4) is 0 Å². The number of carbonyl (C=O) groups is 1. The fourth-order valence-electron chi connectivity index (χ4n) is 1.94. The van der Waals surface area contributed by atoms with E-state index in [2.05, 4.69) is 36.7 Å². The van der Waals surface area contributed by atoms with E-state index in [1.54, 1.807) is 18.2 Å². The van der Waals surface area contributed by atoms with Gasteiger partial charge in [0.25, 0.3) is 5.91 Å². The highest BCUT2D eigenvalue weighted by Crippen LogP contribution is 2.21. The molecule has 0 bridgehead atoms. The molecule has 0 saturated carbocycles. The van der Waals surface area contributed by atoms with Gasteiger partial charge in [0.05, 0.1) is 0 Å². The van der Waals surface area contributed by atoms with E-state index >= 15 is 0 Å². The molecule has 2 N–H and O–H groups in total. The Kier molecular flexibility index (Phi) is 3.23. The highest BCUT2D eigenvalue weighted by Gasteiger charge is 2.09. The summed E-state index contributed by atoms with van der Waals surface area (Å²) in [5.41, 5.74) is 3.74. The lowest BCUT2D eigenvalue weighted by Gasteiger charge is -2.08. The van der Waals surface area contributed by atoms with Gasteiger partial charge in [-0.2, -0.15) is 15.4 Å². The lowest BCUT2D eigenvalue weighted by Crippen LogP contribution is -2.12. The van der Waals surface area contributed by atoms with Gasteiger partial charge in [0.1, 0.15) is 11.0 Å². The van der Waals surface area contributed by atoms with Gasteiger partial charge in [-0.15, -0.1) is 0 Å². The quantitative estimate of drug-likeness (QED) is 0.757. The Labute approximate surface area is 123 Å². The first-order valence-electron chi connectivity index (χ1n) is 6.01. The average molecular weight is 331 g/mol. The summed E-state index contributed by atoms with van der Waals surface area (Å²) in [6.45, 7) is 1.95. The molecule has 0 fully saturated rings. The second-order valence-electron chi connectivity index (χ2n) is 4.44. The molecule has 0 saturated heterocycles. The van der Waals surface area contributed by atoms with Crippen LogP contribution in [0.25, 0.3) is 11.0 Å². The Bertz CT molecular complexity index is 797. The van der Waals surface area contributed by atoms with E-state index in [1.807, 2.05) is 25.1 Å². The molecule has 6 heteroatoms. The Morgan fingerprint density at radius 2 is 1.95 bits per heavy atom. The number of hydrogen-bond donors (Lipinski definition) is 2. The Balaban J connectivity index is 1.88. The maximum absolute atomic E-state index is 12.2. The number of halogens is 1. The van der Waals surface area contributed by atoms with Gasteiger partial charge in [-0.05, 0) is 48.9 Å². The summed E-state index contributed by atoms with van der Waals surface area (Å²) in [5, 5.41) is 13.4. The molecule has 1 amide bonds. The van der Waals surface area contributed by atoms with Gasteiger partial charge in [-0.25, -0.2) is 0 Å². The molecular formula is C14H11BrN4O. The van der Waals surface area contributed by atoms with Crippen molar-refractivity contribution < 1.29 is 4.79 Å². The minimum atomic E-state index is -0.166. The summed E-state index contributed by atoms with van der Waals surface area (Å²) in [4.78, 5) is 12.2. The van der Waals surface area contributed by atoms with E-state index in [0.717, 1.165) is 21.2 Å². The van der Waals surface area contributed by atoms with Crippen LogP contribution < -0.4 is 5.32 Å². The van der Waals surface area contributed by atoms with E-state index in [-0.39, 0.29) is 5.91 Å². The van der Waals surface area contributed by atoms with Gasteiger partial charge in [0.2, 0.25) is 0 Å². The number of aromatic amines is 1. The topological polar surface area (TPSA) is 70.7 Å². The van der Waals surface area contributed by atoms with Crippen LogP contribution in [-0.4, -0.2) is 21.3 Å². The monoisotopic (exact) mass is 330 g/mol. The summed E-state index contributed by atoms with van der Waals surface area (Å²) in [5.74, 6) is -0.166. The van der Waals surface area contributed by atoms with Gasteiger partial charge in [0.15, 0.2) is 0 Å². The minimum Gasteiger partial charge on any atom is -0.322 e. The molecule has 0 aliphatic heterocycles. The van der Waals surface area contributed by atoms with Crippen LogP contribution in [0.3, 0.4) is 0 Å². The number of anilines is 1. The predicted octanol–water partition coefficient (Wildman–Crippen LogP) is 3.28. The van der Waals surface area contributed by atoms with Crippen LogP contribution >= 0.6 is 15.9 Å². The second kappa shape index (κ2) is 5.05. The number of aromatic nitrogens is 3. The highest BCUT2D eigenvalue weighted by atomic mass is 79.9. The molecule has 0 unspecified atom stereocenters. The Morgan fingerprint density at radius 1 is 1.15 bits per heavy atom. The summed E-state index contributed by atoms with van der Waals surface area (Å²) in [7, 11) is 0. The predicted molar refractivity (Wildman–Crippen MR) is 80.7 cm³/mol. The number of hydrogen-bond acceptors (Lipinski definition) is 3. The zero-order valence-corrected chi connectivity index (χ0v) is 12.2. The highest BCUT2D eigenvalue weighted by molar-refractivity contribution is 9.10. The fraction of sp³-hybridized carbons (Fsp3) is 0.0714. The zero-order valence-electron chi connectivity index (χ0n) is 10.6. The molecule has 100 valence electrons. The first kappa shape index (κ1) is 12.8. The second-order valence-corrected chi connectivity index (χ2v) is 5.36. The van der Waals surface area contributed by atoms with E-state index in [9.17, 15) is 4.79 Å². The number of rotatable bonds is 2. The van der Waals surface area contributed by atoms with E-state index in [0.29, 0.717) is 11.1 Å². The summed E-state index contributed by atoms with van der Waals surface area (Å²) in [6.07, 6.45) is 0. The number of benzene rings is 2. The first-order valence-corrected chi connectivity index (χ1v) is 6.81. The molecule has 0 atom stereocenters. The molecule has 2 aromatic carbocycles. The van der Waals surface area contributed by atoms with Gasteiger partial charge < -0.3 is 5.32 Å². The number of nitrogens with zero attached hydrogens (tertiary/aromatic N) is 2. The molecule has 1 aromatic heterocycles. The molecular weight excluding hydrogens is 320 g/mol. The Hall–Kier alpha value is -2.21. The third-order valence-corrected chi connectivity index (χ3v) is 3.51.